The van der Waals surface area contributed by atoms with Crippen molar-refractivity contribution in [1.29, 1.82) is 0 Å². The van der Waals surface area contributed by atoms with E-state index in [1.165, 1.54) is 12.8 Å². The van der Waals surface area contributed by atoms with Gasteiger partial charge < -0.3 is 4.90 Å². The molecule has 1 fully saturated rings. The molecule has 0 aliphatic carbocycles. The molecular weight excluding hydrogens is 200 g/mol. The molecule has 0 aromatic carbocycles. The van der Waals surface area contributed by atoms with Crippen molar-refractivity contribution < 1.29 is 0 Å². The summed E-state index contributed by atoms with van der Waals surface area (Å²) in [5.74, 6) is 6.96. The SMILES string of the molecule is CC(C)CN=C(NN)N1CCC(C)(C)CC1. The highest BCUT2D eigenvalue weighted by Crippen LogP contribution is 2.29. The highest BCUT2D eigenvalue weighted by atomic mass is 15.4. The highest BCUT2D eigenvalue weighted by molar-refractivity contribution is 5.79. The largest absolute Gasteiger partial charge is 0.342 e. The fourth-order valence-electron chi connectivity index (χ4n) is 1.83. The zero-order valence-corrected chi connectivity index (χ0v) is 11.1. The third-order valence-electron chi connectivity index (χ3n) is 3.15. The summed E-state index contributed by atoms with van der Waals surface area (Å²) < 4.78 is 0. The van der Waals surface area contributed by atoms with Crippen molar-refractivity contribution in [1.82, 2.24) is 10.3 Å². The van der Waals surface area contributed by atoms with E-state index in [1.807, 2.05) is 0 Å². The van der Waals surface area contributed by atoms with Crippen LogP contribution in [0.25, 0.3) is 0 Å². The van der Waals surface area contributed by atoms with E-state index in [2.05, 4.69) is 43.0 Å². The van der Waals surface area contributed by atoms with E-state index < -0.39 is 0 Å². The lowest BCUT2D eigenvalue weighted by Gasteiger charge is -2.38. The molecule has 0 radical (unpaired) electrons. The first-order valence-corrected chi connectivity index (χ1v) is 6.20. The molecule has 0 saturated carbocycles. The third kappa shape index (κ3) is 4.00. The summed E-state index contributed by atoms with van der Waals surface area (Å²) >= 11 is 0. The van der Waals surface area contributed by atoms with E-state index in [-0.39, 0.29) is 0 Å². The summed E-state index contributed by atoms with van der Waals surface area (Å²) in [6.45, 7) is 11.9. The van der Waals surface area contributed by atoms with Crippen LogP contribution in [0.1, 0.15) is 40.5 Å². The standard InChI is InChI=1S/C12H26N4/c1-10(2)9-14-11(15-13)16-7-5-12(3,4)6-8-16/h10H,5-9,13H2,1-4H3,(H,14,15). The Kier molecular flexibility index (Phi) is 4.59. The molecule has 0 spiro atoms. The van der Waals surface area contributed by atoms with Crippen LogP contribution in [0.4, 0.5) is 0 Å². The predicted molar refractivity (Wildman–Crippen MR) is 69.1 cm³/mol. The van der Waals surface area contributed by atoms with Gasteiger partial charge in [-0.1, -0.05) is 27.7 Å². The molecule has 4 nitrogen and oxygen atoms in total. The minimum Gasteiger partial charge on any atom is -0.342 e. The molecule has 1 aliphatic rings. The summed E-state index contributed by atoms with van der Waals surface area (Å²) in [4.78, 5) is 6.78. The van der Waals surface area contributed by atoms with Crippen LogP contribution >= 0.6 is 0 Å². The lowest BCUT2D eigenvalue weighted by atomic mass is 9.83. The van der Waals surface area contributed by atoms with Gasteiger partial charge in [0, 0.05) is 19.6 Å². The molecule has 4 heteroatoms. The molecular formula is C12H26N4. The number of hydrazine groups is 1. The normalized spacial score (nSPS) is 21.4. The van der Waals surface area contributed by atoms with Crippen LogP contribution in [0, 0.1) is 11.3 Å². The summed E-state index contributed by atoms with van der Waals surface area (Å²) in [6.07, 6.45) is 2.41. The Morgan fingerprint density at radius 3 is 2.38 bits per heavy atom. The Hall–Kier alpha value is -0.770. The smallest absolute Gasteiger partial charge is 0.208 e. The van der Waals surface area contributed by atoms with E-state index in [4.69, 9.17) is 5.84 Å². The molecule has 1 heterocycles. The van der Waals surface area contributed by atoms with Gasteiger partial charge in [-0.05, 0) is 24.2 Å². The van der Waals surface area contributed by atoms with Gasteiger partial charge in [0.15, 0.2) is 0 Å². The molecule has 1 saturated heterocycles. The Labute approximate surface area is 99.3 Å². The lowest BCUT2D eigenvalue weighted by molar-refractivity contribution is 0.185. The number of aliphatic imine (C=N–C) groups is 1. The van der Waals surface area contributed by atoms with E-state index in [1.54, 1.807) is 0 Å². The zero-order valence-electron chi connectivity index (χ0n) is 11.1. The number of hydrogen-bond donors (Lipinski definition) is 2. The Balaban J connectivity index is 2.52. The van der Waals surface area contributed by atoms with Crippen LogP contribution < -0.4 is 11.3 Å². The Morgan fingerprint density at radius 2 is 1.94 bits per heavy atom. The first-order chi connectivity index (χ1) is 7.44. The van der Waals surface area contributed by atoms with Crippen molar-refractivity contribution in [2.75, 3.05) is 19.6 Å². The maximum absolute atomic E-state index is 5.53. The topological polar surface area (TPSA) is 53.6 Å². The van der Waals surface area contributed by atoms with E-state index in [0.717, 1.165) is 25.6 Å². The van der Waals surface area contributed by atoms with Gasteiger partial charge in [0.2, 0.25) is 5.96 Å². The number of rotatable bonds is 2. The molecule has 1 aliphatic heterocycles. The second-order valence-corrected chi connectivity index (χ2v) is 5.85. The molecule has 94 valence electrons. The maximum Gasteiger partial charge on any atom is 0.208 e. The van der Waals surface area contributed by atoms with Crippen LogP contribution in [0.2, 0.25) is 0 Å². The van der Waals surface area contributed by atoms with Gasteiger partial charge in [-0.3, -0.25) is 10.4 Å². The first kappa shape index (κ1) is 13.3. The van der Waals surface area contributed by atoms with Crippen molar-refractivity contribution in [2.24, 2.45) is 22.2 Å². The van der Waals surface area contributed by atoms with Gasteiger partial charge in [-0.25, -0.2) is 5.84 Å². The third-order valence-corrected chi connectivity index (χ3v) is 3.15. The average molecular weight is 226 g/mol. The second kappa shape index (κ2) is 5.53. The number of nitrogens with zero attached hydrogens (tertiary/aromatic N) is 2. The first-order valence-electron chi connectivity index (χ1n) is 6.20. The number of likely N-dealkylation sites (tertiary alicyclic amines) is 1. The van der Waals surface area contributed by atoms with Gasteiger partial charge in [0.25, 0.3) is 0 Å². The molecule has 0 aromatic rings. The van der Waals surface area contributed by atoms with Crippen molar-refractivity contribution in [3.8, 4) is 0 Å². The van der Waals surface area contributed by atoms with Crippen LogP contribution in [0.15, 0.2) is 4.99 Å². The number of piperidine rings is 1. The molecule has 1 rings (SSSR count). The fraction of sp³-hybridized carbons (Fsp3) is 0.917. The predicted octanol–water partition coefficient (Wildman–Crippen LogP) is 1.58. The van der Waals surface area contributed by atoms with Crippen molar-refractivity contribution in [3.05, 3.63) is 0 Å². The minimum absolute atomic E-state index is 0.467. The minimum atomic E-state index is 0.467. The van der Waals surface area contributed by atoms with E-state index in [0.29, 0.717) is 11.3 Å². The molecule has 0 amide bonds. The van der Waals surface area contributed by atoms with Gasteiger partial charge >= 0.3 is 0 Å². The molecule has 3 N–H and O–H groups in total. The number of guanidine groups is 1. The summed E-state index contributed by atoms with van der Waals surface area (Å²) in [6, 6.07) is 0. The number of hydrogen-bond acceptors (Lipinski definition) is 2. The van der Waals surface area contributed by atoms with Crippen LogP contribution in [0.3, 0.4) is 0 Å². The van der Waals surface area contributed by atoms with Gasteiger partial charge in [-0.15, -0.1) is 0 Å². The van der Waals surface area contributed by atoms with Crippen LogP contribution in [0.5, 0.6) is 0 Å². The summed E-state index contributed by atoms with van der Waals surface area (Å²) in [5, 5.41) is 0. The molecule has 0 unspecified atom stereocenters. The Bertz CT molecular complexity index is 235. The van der Waals surface area contributed by atoms with Gasteiger partial charge in [0.05, 0.1) is 0 Å². The molecule has 16 heavy (non-hydrogen) atoms. The van der Waals surface area contributed by atoms with Crippen LogP contribution in [-0.4, -0.2) is 30.5 Å². The van der Waals surface area contributed by atoms with Crippen molar-refractivity contribution in [3.63, 3.8) is 0 Å². The zero-order chi connectivity index (χ0) is 12.2. The quantitative estimate of drug-likeness (QED) is 0.325. The van der Waals surface area contributed by atoms with Crippen molar-refractivity contribution >= 4 is 5.96 Å². The highest BCUT2D eigenvalue weighted by Gasteiger charge is 2.26. The second-order valence-electron chi connectivity index (χ2n) is 5.85. The molecule has 0 bridgehead atoms. The fourth-order valence-corrected chi connectivity index (χ4v) is 1.83. The summed E-state index contributed by atoms with van der Waals surface area (Å²) in [5.41, 5.74) is 3.20. The molecule has 0 aromatic heterocycles. The number of nitrogens with two attached hydrogens (primary N) is 1. The van der Waals surface area contributed by atoms with Gasteiger partial charge in [0.1, 0.15) is 0 Å². The Morgan fingerprint density at radius 1 is 1.38 bits per heavy atom. The van der Waals surface area contributed by atoms with Crippen LogP contribution in [-0.2, 0) is 0 Å². The summed E-state index contributed by atoms with van der Waals surface area (Å²) in [7, 11) is 0. The maximum atomic E-state index is 5.53. The molecule has 0 atom stereocenters. The van der Waals surface area contributed by atoms with Gasteiger partial charge in [-0.2, -0.15) is 0 Å². The average Bonchev–Trinajstić information content (AvgIpc) is 2.20. The van der Waals surface area contributed by atoms with Crippen molar-refractivity contribution in [2.45, 2.75) is 40.5 Å². The van der Waals surface area contributed by atoms with E-state index in [9.17, 15) is 0 Å². The van der Waals surface area contributed by atoms with E-state index >= 15 is 0 Å². The monoisotopic (exact) mass is 226 g/mol. The lowest BCUT2D eigenvalue weighted by Crippen LogP contribution is -2.49. The number of nitrogens with one attached hydrogen (secondary N) is 1.